The third-order valence-electron chi connectivity index (χ3n) is 4.15. The van der Waals surface area contributed by atoms with Crippen LogP contribution >= 0.6 is 0 Å². The SMILES string of the molecule is CNC(c1ccc(Oc2ccccc2)cc1)C1CCC1. The van der Waals surface area contributed by atoms with E-state index in [1.165, 1.54) is 24.8 Å². The first-order valence-electron chi connectivity index (χ1n) is 7.37. The first kappa shape index (κ1) is 13.2. The number of rotatable bonds is 5. The van der Waals surface area contributed by atoms with Crippen LogP contribution in [0.4, 0.5) is 0 Å². The fourth-order valence-electron chi connectivity index (χ4n) is 2.82. The maximum Gasteiger partial charge on any atom is 0.127 e. The summed E-state index contributed by atoms with van der Waals surface area (Å²) in [6.45, 7) is 0. The number of para-hydroxylation sites is 1. The smallest absolute Gasteiger partial charge is 0.127 e. The van der Waals surface area contributed by atoms with Crippen LogP contribution in [-0.2, 0) is 0 Å². The van der Waals surface area contributed by atoms with Crippen molar-refractivity contribution in [2.45, 2.75) is 25.3 Å². The lowest BCUT2D eigenvalue weighted by Crippen LogP contribution is -2.29. The molecule has 0 radical (unpaired) electrons. The van der Waals surface area contributed by atoms with E-state index in [0.717, 1.165) is 17.4 Å². The standard InChI is InChI=1S/C18H21NO/c1-19-18(14-6-5-7-14)15-10-12-17(13-11-15)20-16-8-3-2-4-9-16/h2-4,8-14,18-19H,5-7H2,1H3. The summed E-state index contributed by atoms with van der Waals surface area (Å²) >= 11 is 0. The van der Waals surface area contributed by atoms with E-state index < -0.39 is 0 Å². The van der Waals surface area contributed by atoms with Gasteiger partial charge in [-0.15, -0.1) is 0 Å². The minimum atomic E-state index is 0.481. The second-order valence-electron chi connectivity index (χ2n) is 5.44. The summed E-state index contributed by atoms with van der Waals surface area (Å²) in [6.07, 6.45) is 4.06. The summed E-state index contributed by atoms with van der Waals surface area (Å²) in [6, 6.07) is 18.9. The molecule has 2 aromatic rings. The predicted molar refractivity (Wildman–Crippen MR) is 82.1 cm³/mol. The molecule has 0 aliphatic heterocycles. The summed E-state index contributed by atoms with van der Waals surface area (Å²) < 4.78 is 5.83. The molecule has 2 aromatic carbocycles. The topological polar surface area (TPSA) is 21.3 Å². The largest absolute Gasteiger partial charge is 0.457 e. The normalized spacial score (nSPS) is 16.4. The van der Waals surface area contributed by atoms with Crippen molar-refractivity contribution in [3.05, 3.63) is 60.2 Å². The van der Waals surface area contributed by atoms with Gasteiger partial charge < -0.3 is 10.1 Å². The van der Waals surface area contributed by atoms with Crippen LogP contribution in [-0.4, -0.2) is 7.05 Å². The first-order chi connectivity index (χ1) is 9.86. The summed E-state index contributed by atoms with van der Waals surface area (Å²) in [5.74, 6) is 2.56. The van der Waals surface area contributed by atoms with Gasteiger partial charge >= 0.3 is 0 Å². The van der Waals surface area contributed by atoms with Crippen LogP contribution in [0.15, 0.2) is 54.6 Å². The molecule has 1 aliphatic carbocycles. The Kier molecular flexibility index (Phi) is 4.03. The molecule has 1 atom stereocenters. The minimum Gasteiger partial charge on any atom is -0.457 e. The number of hydrogen-bond acceptors (Lipinski definition) is 2. The maximum atomic E-state index is 5.83. The molecule has 1 unspecified atom stereocenters. The highest BCUT2D eigenvalue weighted by molar-refractivity contribution is 5.34. The Balaban J connectivity index is 1.70. The highest BCUT2D eigenvalue weighted by Gasteiger charge is 2.27. The first-order valence-corrected chi connectivity index (χ1v) is 7.37. The van der Waals surface area contributed by atoms with Crippen molar-refractivity contribution < 1.29 is 4.74 Å². The Bertz CT molecular complexity index is 531. The van der Waals surface area contributed by atoms with Crippen LogP contribution in [0, 0.1) is 5.92 Å². The summed E-state index contributed by atoms with van der Waals surface area (Å²) in [5, 5.41) is 3.45. The highest BCUT2D eigenvalue weighted by atomic mass is 16.5. The van der Waals surface area contributed by atoms with Crippen LogP contribution in [0.5, 0.6) is 11.5 Å². The van der Waals surface area contributed by atoms with Gasteiger partial charge in [0.2, 0.25) is 0 Å². The lowest BCUT2D eigenvalue weighted by Gasteiger charge is -2.34. The number of hydrogen-bond donors (Lipinski definition) is 1. The number of ether oxygens (including phenoxy) is 1. The van der Waals surface area contributed by atoms with Crippen LogP contribution in [0.1, 0.15) is 30.9 Å². The van der Waals surface area contributed by atoms with E-state index in [4.69, 9.17) is 4.74 Å². The van der Waals surface area contributed by atoms with Crippen molar-refractivity contribution in [2.75, 3.05) is 7.05 Å². The van der Waals surface area contributed by atoms with Crippen LogP contribution in [0.25, 0.3) is 0 Å². The van der Waals surface area contributed by atoms with Gasteiger partial charge in [0.25, 0.3) is 0 Å². The van der Waals surface area contributed by atoms with E-state index in [9.17, 15) is 0 Å². The lowest BCUT2D eigenvalue weighted by atomic mass is 9.77. The second kappa shape index (κ2) is 6.10. The molecule has 104 valence electrons. The van der Waals surface area contributed by atoms with Gasteiger partial charge in [-0.05, 0) is 55.6 Å². The molecular formula is C18H21NO. The van der Waals surface area contributed by atoms with Gasteiger partial charge in [-0.25, -0.2) is 0 Å². The Morgan fingerprint density at radius 1 is 0.950 bits per heavy atom. The molecule has 0 aromatic heterocycles. The molecule has 20 heavy (non-hydrogen) atoms. The van der Waals surface area contributed by atoms with Crippen LogP contribution in [0.2, 0.25) is 0 Å². The average Bonchev–Trinajstić information content (AvgIpc) is 2.45. The third-order valence-corrected chi connectivity index (χ3v) is 4.15. The summed E-state index contributed by atoms with van der Waals surface area (Å²) in [7, 11) is 2.05. The fraction of sp³-hybridized carbons (Fsp3) is 0.333. The molecule has 0 amide bonds. The molecule has 1 fully saturated rings. The predicted octanol–water partition coefficient (Wildman–Crippen LogP) is 4.54. The molecular weight excluding hydrogens is 246 g/mol. The van der Waals surface area contributed by atoms with E-state index in [0.29, 0.717) is 6.04 Å². The monoisotopic (exact) mass is 267 g/mol. The molecule has 0 heterocycles. The molecule has 1 aliphatic rings. The van der Waals surface area contributed by atoms with Gasteiger partial charge in [0.1, 0.15) is 11.5 Å². The minimum absolute atomic E-state index is 0.481. The third kappa shape index (κ3) is 2.86. The van der Waals surface area contributed by atoms with Crippen molar-refractivity contribution in [3.8, 4) is 11.5 Å². The van der Waals surface area contributed by atoms with Crippen LogP contribution in [0.3, 0.4) is 0 Å². The van der Waals surface area contributed by atoms with Gasteiger partial charge in [0, 0.05) is 6.04 Å². The van der Waals surface area contributed by atoms with Crippen molar-refractivity contribution in [3.63, 3.8) is 0 Å². The van der Waals surface area contributed by atoms with Gasteiger partial charge in [0.15, 0.2) is 0 Å². The maximum absolute atomic E-state index is 5.83. The van der Waals surface area contributed by atoms with Crippen LogP contribution < -0.4 is 10.1 Å². The number of nitrogens with one attached hydrogen (secondary N) is 1. The molecule has 2 nitrogen and oxygen atoms in total. The average molecular weight is 267 g/mol. The number of benzene rings is 2. The molecule has 0 saturated heterocycles. The molecule has 0 bridgehead atoms. The quantitative estimate of drug-likeness (QED) is 0.858. The molecule has 0 spiro atoms. The molecule has 2 heteroatoms. The second-order valence-corrected chi connectivity index (χ2v) is 5.44. The Hall–Kier alpha value is -1.80. The lowest BCUT2D eigenvalue weighted by molar-refractivity contribution is 0.239. The van der Waals surface area contributed by atoms with E-state index in [-0.39, 0.29) is 0 Å². The Labute approximate surface area is 120 Å². The Morgan fingerprint density at radius 3 is 2.15 bits per heavy atom. The zero-order valence-corrected chi connectivity index (χ0v) is 11.9. The molecule has 1 saturated carbocycles. The fourth-order valence-corrected chi connectivity index (χ4v) is 2.82. The molecule has 3 rings (SSSR count). The van der Waals surface area contributed by atoms with Gasteiger partial charge in [0.05, 0.1) is 0 Å². The Morgan fingerprint density at radius 2 is 1.60 bits per heavy atom. The van der Waals surface area contributed by atoms with Crippen molar-refractivity contribution in [1.82, 2.24) is 5.32 Å². The zero-order chi connectivity index (χ0) is 13.8. The van der Waals surface area contributed by atoms with Gasteiger partial charge in [-0.2, -0.15) is 0 Å². The molecule has 1 N–H and O–H groups in total. The zero-order valence-electron chi connectivity index (χ0n) is 11.9. The van der Waals surface area contributed by atoms with Gasteiger partial charge in [-0.1, -0.05) is 36.8 Å². The summed E-state index contributed by atoms with van der Waals surface area (Å²) in [5.41, 5.74) is 1.36. The van der Waals surface area contributed by atoms with E-state index in [1.807, 2.05) is 30.3 Å². The van der Waals surface area contributed by atoms with Gasteiger partial charge in [-0.3, -0.25) is 0 Å². The van der Waals surface area contributed by atoms with E-state index >= 15 is 0 Å². The van der Waals surface area contributed by atoms with Crippen molar-refractivity contribution >= 4 is 0 Å². The van der Waals surface area contributed by atoms with Crippen molar-refractivity contribution in [2.24, 2.45) is 5.92 Å². The summed E-state index contributed by atoms with van der Waals surface area (Å²) in [4.78, 5) is 0. The highest BCUT2D eigenvalue weighted by Crippen LogP contribution is 2.37. The van der Waals surface area contributed by atoms with E-state index in [2.05, 4.69) is 36.6 Å². The van der Waals surface area contributed by atoms with E-state index in [1.54, 1.807) is 0 Å². The van der Waals surface area contributed by atoms with Crippen molar-refractivity contribution in [1.29, 1.82) is 0 Å².